The van der Waals surface area contributed by atoms with E-state index in [1.165, 1.54) is 6.07 Å². The van der Waals surface area contributed by atoms with Crippen LogP contribution in [0.15, 0.2) is 48.5 Å². The standard InChI is InChI=1S/C18H11F7O3/c19-16(20)27-12-5-6-13(15(9-12)28-17(21)22)14(26)7-4-10-2-1-3-11(8-10)18(23,24)25/h1-9,16-17H. The van der Waals surface area contributed by atoms with Crippen molar-refractivity contribution in [3.8, 4) is 11.5 Å². The van der Waals surface area contributed by atoms with E-state index in [0.717, 1.165) is 42.5 Å². The molecule has 0 aliphatic carbocycles. The van der Waals surface area contributed by atoms with Crippen LogP contribution in [0.25, 0.3) is 6.08 Å². The second-order valence-corrected chi connectivity index (χ2v) is 5.24. The molecule has 2 aromatic carbocycles. The molecule has 150 valence electrons. The molecule has 10 heteroatoms. The minimum atomic E-state index is -4.58. The maximum Gasteiger partial charge on any atom is 0.416 e. The minimum Gasteiger partial charge on any atom is -0.435 e. The lowest BCUT2D eigenvalue weighted by Gasteiger charge is -2.11. The Morgan fingerprint density at radius 2 is 1.61 bits per heavy atom. The number of ether oxygens (including phenoxy) is 2. The first-order valence-corrected chi connectivity index (χ1v) is 7.49. The summed E-state index contributed by atoms with van der Waals surface area (Å²) in [5.41, 5.74) is -1.31. The lowest BCUT2D eigenvalue weighted by Crippen LogP contribution is -2.08. The number of hydrogen-bond donors (Lipinski definition) is 0. The fraction of sp³-hybridized carbons (Fsp3) is 0.167. The summed E-state index contributed by atoms with van der Waals surface area (Å²) in [5.74, 6) is -2.12. The molecule has 0 saturated carbocycles. The highest BCUT2D eigenvalue weighted by Gasteiger charge is 2.30. The van der Waals surface area contributed by atoms with Crippen LogP contribution in [-0.4, -0.2) is 19.0 Å². The highest BCUT2D eigenvalue weighted by Crippen LogP contribution is 2.30. The topological polar surface area (TPSA) is 35.5 Å². The van der Waals surface area contributed by atoms with Crippen molar-refractivity contribution in [2.45, 2.75) is 19.4 Å². The van der Waals surface area contributed by atoms with Gasteiger partial charge in [0.25, 0.3) is 0 Å². The van der Waals surface area contributed by atoms with Crippen molar-refractivity contribution in [1.82, 2.24) is 0 Å². The van der Waals surface area contributed by atoms with E-state index in [0.29, 0.717) is 6.07 Å². The number of carbonyl (C=O) groups is 1. The number of allylic oxidation sites excluding steroid dienone is 1. The highest BCUT2D eigenvalue weighted by atomic mass is 19.4. The molecule has 2 aromatic rings. The zero-order chi connectivity index (χ0) is 20.9. The van der Waals surface area contributed by atoms with Crippen LogP contribution in [0.1, 0.15) is 21.5 Å². The number of ketones is 1. The number of alkyl halides is 7. The maximum absolute atomic E-state index is 12.7. The van der Waals surface area contributed by atoms with Gasteiger partial charge in [-0.05, 0) is 35.9 Å². The Morgan fingerprint density at radius 3 is 2.21 bits per heavy atom. The molecule has 0 amide bonds. The van der Waals surface area contributed by atoms with Crippen molar-refractivity contribution in [2.24, 2.45) is 0 Å². The van der Waals surface area contributed by atoms with Gasteiger partial charge in [-0.2, -0.15) is 30.7 Å². The van der Waals surface area contributed by atoms with Gasteiger partial charge >= 0.3 is 19.4 Å². The number of hydrogen-bond acceptors (Lipinski definition) is 3. The Kier molecular flexibility index (Phi) is 6.66. The fourth-order valence-electron chi connectivity index (χ4n) is 2.16. The molecule has 0 aliphatic heterocycles. The fourth-order valence-corrected chi connectivity index (χ4v) is 2.16. The van der Waals surface area contributed by atoms with Crippen molar-refractivity contribution >= 4 is 11.9 Å². The molecule has 0 bridgehead atoms. The van der Waals surface area contributed by atoms with E-state index in [1.54, 1.807) is 0 Å². The van der Waals surface area contributed by atoms with Gasteiger partial charge in [0.2, 0.25) is 0 Å². The van der Waals surface area contributed by atoms with E-state index < -0.39 is 47.8 Å². The molecule has 0 N–H and O–H groups in total. The zero-order valence-corrected chi connectivity index (χ0v) is 13.7. The third-order valence-corrected chi connectivity index (χ3v) is 3.30. The lowest BCUT2D eigenvalue weighted by molar-refractivity contribution is -0.137. The second-order valence-electron chi connectivity index (χ2n) is 5.24. The number of benzene rings is 2. The summed E-state index contributed by atoms with van der Waals surface area (Å²) >= 11 is 0. The molecule has 0 aromatic heterocycles. The average molecular weight is 408 g/mol. The van der Waals surface area contributed by atoms with Crippen LogP contribution < -0.4 is 9.47 Å². The first kappa shape index (κ1) is 21.3. The molecule has 0 saturated heterocycles. The smallest absolute Gasteiger partial charge is 0.416 e. The quantitative estimate of drug-likeness (QED) is 0.330. The van der Waals surface area contributed by atoms with Gasteiger partial charge in [-0.25, -0.2) is 0 Å². The van der Waals surface area contributed by atoms with Gasteiger partial charge in [0.1, 0.15) is 11.5 Å². The molecule has 3 nitrogen and oxygen atoms in total. The molecular formula is C18H11F7O3. The molecule has 28 heavy (non-hydrogen) atoms. The molecule has 0 atom stereocenters. The Labute approximate surface area is 154 Å². The first-order valence-electron chi connectivity index (χ1n) is 7.49. The van der Waals surface area contributed by atoms with Crippen LogP contribution in [0.5, 0.6) is 11.5 Å². The van der Waals surface area contributed by atoms with Gasteiger partial charge in [-0.1, -0.05) is 18.2 Å². The zero-order valence-electron chi connectivity index (χ0n) is 13.7. The van der Waals surface area contributed by atoms with Gasteiger partial charge in [-0.15, -0.1) is 0 Å². The summed E-state index contributed by atoms with van der Waals surface area (Å²) in [6.07, 6.45) is -2.68. The van der Waals surface area contributed by atoms with Crippen LogP contribution in [0, 0.1) is 0 Å². The summed E-state index contributed by atoms with van der Waals surface area (Å²) in [5, 5.41) is 0. The van der Waals surface area contributed by atoms with Crippen molar-refractivity contribution in [3.63, 3.8) is 0 Å². The van der Waals surface area contributed by atoms with Crippen molar-refractivity contribution < 1.29 is 45.0 Å². The molecule has 0 heterocycles. The van der Waals surface area contributed by atoms with Gasteiger partial charge < -0.3 is 9.47 Å². The van der Waals surface area contributed by atoms with Crippen LogP contribution in [0.3, 0.4) is 0 Å². The molecule has 0 radical (unpaired) electrons. The van der Waals surface area contributed by atoms with E-state index in [9.17, 15) is 35.5 Å². The maximum atomic E-state index is 12.7. The lowest BCUT2D eigenvalue weighted by atomic mass is 10.1. The van der Waals surface area contributed by atoms with Crippen LogP contribution in [-0.2, 0) is 6.18 Å². The Morgan fingerprint density at radius 1 is 0.929 bits per heavy atom. The molecule has 0 unspecified atom stereocenters. The van der Waals surface area contributed by atoms with E-state index >= 15 is 0 Å². The molecule has 0 fully saturated rings. The second kappa shape index (κ2) is 8.77. The summed E-state index contributed by atoms with van der Waals surface area (Å²) in [6.45, 7) is -6.57. The Bertz CT molecular complexity index is 860. The van der Waals surface area contributed by atoms with Crippen LogP contribution in [0.2, 0.25) is 0 Å². The van der Waals surface area contributed by atoms with Gasteiger partial charge in [0.05, 0.1) is 11.1 Å². The third-order valence-electron chi connectivity index (χ3n) is 3.30. The van der Waals surface area contributed by atoms with E-state index in [2.05, 4.69) is 9.47 Å². The minimum absolute atomic E-state index is 0.0390. The SMILES string of the molecule is O=C(C=Cc1cccc(C(F)(F)F)c1)c1ccc(OC(F)F)cc1OC(F)F. The van der Waals surface area contributed by atoms with Crippen molar-refractivity contribution in [1.29, 1.82) is 0 Å². The molecule has 0 aliphatic rings. The molecule has 2 rings (SSSR count). The number of carbonyl (C=O) groups excluding carboxylic acids is 1. The van der Waals surface area contributed by atoms with Crippen LogP contribution >= 0.6 is 0 Å². The summed E-state index contributed by atoms with van der Waals surface area (Å²) < 4.78 is 95.8. The Hall–Kier alpha value is -3.04. The van der Waals surface area contributed by atoms with Gasteiger partial charge in [0, 0.05) is 6.07 Å². The van der Waals surface area contributed by atoms with Crippen LogP contribution in [0.4, 0.5) is 30.7 Å². The average Bonchev–Trinajstić information content (AvgIpc) is 2.58. The third kappa shape index (κ3) is 6.00. The highest BCUT2D eigenvalue weighted by molar-refractivity contribution is 6.08. The van der Waals surface area contributed by atoms with Gasteiger partial charge in [-0.3, -0.25) is 4.79 Å². The summed E-state index contributed by atoms with van der Waals surface area (Å²) in [7, 11) is 0. The normalized spacial score (nSPS) is 12.0. The summed E-state index contributed by atoms with van der Waals surface area (Å²) in [4.78, 5) is 12.2. The molecule has 0 spiro atoms. The molecular weight excluding hydrogens is 397 g/mol. The number of halogens is 7. The first-order chi connectivity index (χ1) is 13.1. The van der Waals surface area contributed by atoms with Crippen molar-refractivity contribution in [2.75, 3.05) is 0 Å². The largest absolute Gasteiger partial charge is 0.435 e. The number of rotatable bonds is 7. The van der Waals surface area contributed by atoms with Crippen molar-refractivity contribution in [3.05, 3.63) is 65.2 Å². The predicted molar refractivity (Wildman–Crippen MR) is 84.5 cm³/mol. The Balaban J connectivity index is 2.29. The van der Waals surface area contributed by atoms with E-state index in [1.807, 2.05) is 0 Å². The predicted octanol–water partition coefficient (Wildman–Crippen LogP) is 5.80. The van der Waals surface area contributed by atoms with Gasteiger partial charge in [0.15, 0.2) is 5.78 Å². The van der Waals surface area contributed by atoms with E-state index in [4.69, 9.17) is 0 Å². The van der Waals surface area contributed by atoms with E-state index in [-0.39, 0.29) is 5.56 Å². The summed E-state index contributed by atoms with van der Waals surface area (Å²) in [6, 6.07) is 6.62. The monoisotopic (exact) mass is 408 g/mol.